The topological polar surface area (TPSA) is 6.48 Å². The first-order chi connectivity index (χ1) is 8.88. The zero-order valence-corrected chi connectivity index (χ0v) is 12.8. The Hall–Kier alpha value is -0.0800. The Balaban J connectivity index is 2.36. The van der Waals surface area contributed by atoms with Crippen molar-refractivity contribution in [2.45, 2.75) is 78.1 Å². The highest BCUT2D eigenvalue weighted by molar-refractivity contribution is 4.58. The molecule has 0 radical (unpaired) electrons. The van der Waals surface area contributed by atoms with E-state index in [2.05, 4.69) is 23.9 Å². The van der Waals surface area contributed by atoms with Crippen LogP contribution in [0.25, 0.3) is 0 Å². The van der Waals surface area contributed by atoms with Crippen LogP contribution < -0.4 is 0 Å². The van der Waals surface area contributed by atoms with Gasteiger partial charge in [-0.1, -0.05) is 65.2 Å². The molecule has 1 aliphatic heterocycles. The molecule has 0 aromatic carbocycles. The molecule has 2 nitrogen and oxygen atoms in total. The van der Waals surface area contributed by atoms with Crippen molar-refractivity contribution in [2.75, 3.05) is 26.2 Å². The van der Waals surface area contributed by atoms with Crippen LogP contribution in [0.15, 0.2) is 0 Å². The normalized spacial score (nSPS) is 23.7. The maximum absolute atomic E-state index is 2.58. The van der Waals surface area contributed by atoms with Gasteiger partial charge in [0.05, 0.1) is 0 Å². The summed E-state index contributed by atoms with van der Waals surface area (Å²) in [5, 5.41) is 5.15. The fraction of sp³-hybridized carbons (Fsp3) is 1.00. The van der Waals surface area contributed by atoms with Crippen molar-refractivity contribution < 1.29 is 0 Å². The second-order valence-electron chi connectivity index (χ2n) is 5.63. The summed E-state index contributed by atoms with van der Waals surface area (Å²) in [6.07, 6.45) is 14.4. The molecule has 1 heterocycles. The van der Waals surface area contributed by atoms with E-state index in [9.17, 15) is 0 Å². The van der Waals surface area contributed by atoms with E-state index >= 15 is 0 Å². The maximum Gasteiger partial charge on any atom is 0.0133 e. The van der Waals surface area contributed by atoms with Crippen LogP contribution in [0.1, 0.15) is 78.1 Å². The highest BCUT2D eigenvalue weighted by Crippen LogP contribution is 2.13. The van der Waals surface area contributed by atoms with Crippen LogP contribution in [0, 0.1) is 0 Å². The van der Waals surface area contributed by atoms with Crippen LogP contribution in [-0.2, 0) is 0 Å². The van der Waals surface area contributed by atoms with Crippen molar-refractivity contribution in [3.63, 3.8) is 0 Å². The second kappa shape index (κ2) is 10.8. The smallest absolute Gasteiger partial charge is 0.0133 e. The van der Waals surface area contributed by atoms with Crippen molar-refractivity contribution >= 4 is 0 Å². The van der Waals surface area contributed by atoms with E-state index in [1.165, 1.54) is 90.4 Å². The first kappa shape index (κ1) is 16.0. The number of hydrazine groups is 1. The molecule has 1 fully saturated rings. The summed E-state index contributed by atoms with van der Waals surface area (Å²) < 4.78 is 0. The fourth-order valence-electron chi connectivity index (χ4n) is 3.00. The minimum absolute atomic E-state index is 1.17. The van der Waals surface area contributed by atoms with Gasteiger partial charge < -0.3 is 0 Å². The van der Waals surface area contributed by atoms with Crippen LogP contribution in [0.4, 0.5) is 0 Å². The standard InChI is InChI=1S/C16H34N2/c1-3-17-15-13-11-9-7-5-6-8-10-12-14-16-18(17)4-2/h3-16H2,1-2H3. The lowest BCUT2D eigenvalue weighted by Crippen LogP contribution is -2.43. The minimum Gasteiger partial charge on any atom is -0.242 e. The summed E-state index contributed by atoms with van der Waals surface area (Å²) in [5.74, 6) is 0. The molecule has 0 saturated carbocycles. The van der Waals surface area contributed by atoms with Gasteiger partial charge in [-0.2, -0.15) is 0 Å². The van der Waals surface area contributed by atoms with Gasteiger partial charge in [0.25, 0.3) is 0 Å². The van der Waals surface area contributed by atoms with E-state index in [0.29, 0.717) is 0 Å². The number of hydrogen-bond donors (Lipinski definition) is 0. The Morgan fingerprint density at radius 2 is 0.778 bits per heavy atom. The van der Waals surface area contributed by atoms with Gasteiger partial charge in [0.1, 0.15) is 0 Å². The molecule has 0 aromatic heterocycles. The van der Waals surface area contributed by atoms with E-state index in [-0.39, 0.29) is 0 Å². The van der Waals surface area contributed by atoms with Crippen molar-refractivity contribution in [3.8, 4) is 0 Å². The zero-order valence-electron chi connectivity index (χ0n) is 12.8. The Morgan fingerprint density at radius 1 is 0.500 bits per heavy atom. The lowest BCUT2D eigenvalue weighted by atomic mass is 10.1. The first-order valence-corrected chi connectivity index (χ1v) is 8.38. The predicted molar refractivity (Wildman–Crippen MR) is 80.7 cm³/mol. The van der Waals surface area contributed by atoms with Crippen LogP contribution in [0.2, 0.25) is 0 Å². The van der Waals surface area contributed by atoms with E-state index in [1.807, 2.05) is 0 Å². The third-order valence-corrected chi connectivity index (χ3v) is 4.21. The van der Waals surface area contributed by atoms with Gasteiger partial charge in [0.2, 0.25) is 0 Å². The molecular formula is C16H34N2. The van der Waals surface area contributed by atoms with E-state index in [1.54, 1.807) is 0 Å². The molecule has 0 spiro atoms. The number of rotatable bonds is 2. The zero-order chi connectivity index (χ0) is 13.1. The van der Waals surface area contributed by atoms with E-state index in [0.717, 1.165) is 0 Å². The van der Waals surface area contributed by atoms with Gasteiger partial charge in [-0.15, -0.1) is 0 Å². The molecule has 1 aliphatic rings. The molecule has 1 rings (SSSR count). The molecule has 0 aliphatic carbocycles. The summed E-state index contributed by atoms with van der Waals surface area (Å²) in [6, 6.07) is 0. The summed E-state index contributed by atoms with van der Waals surface area (Å²) in [5.41, 5.74) is 0. The molecule has 0 aromatic rings. The average Bonchev–Trinajstić information content (AvgIpc) is 2.40. The Bertz CT molecular complexity index is 162. The third-order valence-electron chi connectivity index (χ3n) is 4.21. The Kier molecular flexibility index (Phi) is 9.59. The van der Waals surface area contributed by atoms with Crippen molar-refractivity contribution in [2.24, 2.45) is 0 Å². The van der Waals surface area contributed by atoms with Crippen LogP contribution in [0.5, 0.6) is 0 Å². The third kappa shape index (κ3) is 6.75. The summed E-state index contributed by atoms with van der Waals surface area (Å²) in [7, 11) is 0. The van der Waals surface area contributed by atoms with Gasteiger partial charge in [-0.25, -0.2) is 10.0 Å². The molecule has 0 bridgehead atoms. The van der Waals surface area contributed by atoms with Gasteiger partial charge in [0, 0.05) is 26.2 Å². The monoisotopic (exact) mass is 254 g/mol. The molecule has 0 atom stereocenters. The highest BCUT2D eigenvalue weighted by atomic mass is 15.6. The lowest BCUT2D eigenvalue weighted by molar-refractivity contribution is -0.0191. The SMILES string of the molecule is CCN1CCCCCCCCCCCCN1CC. The van der Waals surface area contributed by atoms with Crippen molar-refractivity contribution in [1.82, 2.24) is 10.0 Å². The first-order valence-electron chi connectivity index (χ1n) is 8.38. The van der Waals surface area contributed by atoms with Crippen molar-refractivity contribution in [3.05, 3.63) is 0 Å². The molecular weight excluding hydrogens is 220 g/mol. The van der Waals surface area contributed by atoms with E-state index in [4.69, 9.17) is 0 Å². The quantitative estimate of drug-likeness (QED) is 0.718. The predicted octanol–water partition coefficient (Wildman–Crippen LogP) is 4.46. The Morgan fingerprint density at radius 3 is 1.06 bits per heavy atom. The molecule has 0 amide bonds. The average molecular weight is 254 g/mol. The second-order valence-corrected chi connectivity index (χ2v) is 5.63. The largest absolute Gasteiger partial charge is 0.242 e. The van der Waals surface area contributed by atoms with Crippen LogP contribution in [0.3, 0.4) is 0 Å². The van der Waals surface area contributed by atoms with Crippen LogP contribution >= 0.6 is 0 Å². The molecule has 0 N–H and O–H groups in total. The number of hydrogen-bond acceptors (Lipinski definition) is 2. The van der Waals surface area contributed by atoms with Crippen LogP contribution in [-0.4, -0.2) is 36.2 Å². The molecule has 108 valence electrons. The summed E-state index contributed by atoms with van der Waals surface area (Å²) in [6.45, 7) is 9.48. The molecule has 18 heavy (non-hydrogen) atoms. The molecule has 0 unspecified atom stereocenters. The minimum atomic E-state index is 1.17. The van der Waals surface area contributed by atoms with Gasteiger partial charge in [0.15, 0.2) is 0 Å². The lowest BCUT2D eigenvalue weighted by Gasteiger charge is -2.33. The van der Waals surface area contributed by atoms with Gasteiger partial charge in [-0.05, 0) is 12.8 Å². The van der Waals surface area contributed by atoms with Gasteiger partial charge in [-0.3, -0.25) is 0 Å². The fourth-order valence-corrected chi connectivity index (χ4v) is 3.00. The molecule has 1 saturated heterocycles. The summed E-state index contributed by atoms with van der Waals surface area (Å²) >= 11 is 0. The van der Waals surface area contributed by atoms with E-state index < -0.39 is 0 Å². The van der Waals surface area contributed by atoms with Gasteiger partial charge >= 0.3 is 0 Å². The molecule has 2 heteroatoms. The Labute approximate surface area is 115 Å². The highest BCUT2D eigenvalue weighted by Gasteiger charge is 2.11. The maximum atomic E-state index is 2.58. The van der Waals surface area contributed by atoms with Crippen molar-refractivity contribution in [1.29, 1.82) is 0 Å². The summed E-state index contributed by atoms with van der Waals surface area (Å²) in [4.78, 5) is 0. The number of nitrogens with zero attached hydrogens (tertiary/aromatic N) is 2.